The van der Waals surface area contributed by atoms with Crippen LogP contribution >= 0.6 is 27.3 Å². The summed E-state index contributed by atoms with van der Waals surface area (Å²) >= 11 is 5.21. The quantitative estimate of drug-likeness (QED) is 0.752. The molecule has 0 saturated heterocycles. The molecule has 66 valence electrons. The topological polar surface area (TPSA) is 12.9 Å². The van der Waals surface area contributed by atoms with E-state index in [4.69, 9.17) is 0 Å². The number of pyridine rings is 1. The van der Waals surface area contributed by atoms with E-state index in [0.717, 1.165) is 9.48 Å². The van der Waals surface area contributed by atoms with Crippen LogP contribution in [0.5, 0.6) is 0 Å². The maximum Gasteiger partial charge on any atom is 0.0713 e. The van der Waals surface area contributed by atoms with Crippen molar-refractivity contribution in [2.24, 2.45) is 0 Å². The van der Waals surface area contributed by atoms with Gasteiger partial charge in [-0.25, -0.2) is 0 Å². The number of hydrogen-bond acceptors (Lipinski definition) is 2. The summed E-state index contributed by atoms with van der Waals surface area (Å²) < 4.78 is 1.16. The van der Waals surface area contributed by atoms with Gasteiger partial charge in [0.25, 0.3) is 0 Å². The normalized spacial score (nSPS) is 10.3. The van der Waals surface area contributed by atoms with Crippen molar-refractivity contribution >= 4 is 27.3 Å². The second-order valence-electron chi connectivity index (χ2n) is 2.74. The molecule has 0 aliphatic carbocycles. The molecule has 0 fully saturated rings. The Kier molecular flexibility index (Phi) is 2.47. The molecule has 0 atom stereocenters. The van der Waals surface area contributed by atoms with Crippen molar-refractivity contribution in [3.63, 3.8) is 0 Å². The van der Waals surface area contributed by atoms with E-state index in [2.05, 4.69) is 33.9 Å². The predicted octanol–water partition coefficient (Wildman–Crippen LogP) is 3.88. The molecule has 2 aromatic rings. The lowest BCUT2D eigenvalue weighted by Crippen LogP contribution is -1.79. The fourth-order valence-corrected chi connectivity index (χ4v) is 2.92. The fraction of sp³-hybridized carbons (Fsp3) is 0.100. The minimum Gasteiger partial charge on any atom is -0.256 e. The van der Waals surface area contributed by atoms with Crippen LogP contribution in [0.25, 0.3) is 11.3 Å². The number of thiophene rings is 1. The molecular weight excluding hydrogens is 246 g/mol. The highest BCUT2D eigenvalue weighted by molar-refractivity contribution is 9.11. The van der Waals surface area contributed by atoms with Crippen molar-refractivity contribution in [1.82, 2.24) is 4.98 Å². The number of nitrogens with zero attached hydrogens (tertiary/aromatic N) is 1. The standard InChI is InChI=1S/C10H8BrNS/c1-7-8(6-10(11)13-7)9-4-2-3-5-12-9/h2-6H,1H3. The van der Waals surface area contributed by atoms with Crippen LogP contribution in [0.15, 0.2) is 34.2 Å². The lowest BCUT2D eigenvalue weighted by atomic mass is 10.2. The molecule has 0 aliphatic rings. The second kappa shape index (κ2) is 3.60. The summed E-state index contributed by atoms with van der Waals surface area (Å²) in [6.45, 7) is 2.11. The van der Waals surface area contributed by atoms with E-state index in [-0.39, 0.29) is 0 Å². The third kappa shape index (κ3) is 1.81. The van der Waals surface area contributed by atoms with Gasteiger partial charge in [0.15, 0.2) is 0 Å². The molecular formula is C10H8BrNS. The van der Waals surface area contributed by atoms with E-state index in [1.807, 2.05) is 24.4 Å². The van der Waals surface area contributed by atoms with Gasteiger partial charge in [0.1, 0.15) is 0 Å². The van der Waals surface area contributed by atoms with Gasteiger partial charge >= 0.3 is 0 Å². The van der Waals surface area contributed by atoms with E-state index >= 15 is 0 Å². The van der Waals surface area contributed by atoms with Gasteiger partial charge in [0.2, 0.25) is 0 Å². The van der Waals surface area contributed by atoms with Gasteiger partial charge in [-0.3, -0.25) is 4.98 Å². The molecule has 2 rings (SSSR count). The monoisotopic (exact) mass is 253 g/mol. The first-order chi connectivity index (χ1) is 6.27. The molecule has 3 heteroatoms. The van der Waals surface area contributed by atoms with Gasteiger partial charge in [-0.05, 0) is 41.1 Å². The van der Waals surface area contributed by atoms with Gasteiger partial charge in [-0.2, -0.15) is 0 Å². The van der Waals surface area contributed by atoms with Gasteiger partial charge in [0.05, 0.1) is 9.48 Å². The van der Waals surface area contributed by atoms with Gasteiger partial charge in [0, 0.05) is 16.6 Å². The van der Waals surface area contributed by atoms with E-state index in [1.165, 1.54) is 10.4 Å². The molecule has 0 spiro atoms. The lowest BCUT2D eigenvalue weighted by molar-refractivity contribution is 1.32. The third-order valence-corrected chi connectivity index (χ3v) is 3.38. The van der Waals surface area contributed by atoms with Crippen LogP contribution in [0.3, 0.4) is 0 Å². The maximum absolute atomic E-state index is 4.31. The van der Waals surface area contributed by atoms with Crippen molar-refractivity contribution < 1.29 is 0 Å². The molecule has 0 unspecified atom stereocenters. The second-order valence-corrected chi connectivity index (χ2v) is 5.37. The van der Waals surface area contributed by atoms with E-state index in [9.17, 15) is 0 Å². The number of hydrogen-bond donors (Lipinski definition) is 0. The Morgan fingerprint density at radius 2 is 2.23 bits per heavy atom. The molecule has 13 heavy (non-hydrogen) atoms. The highest BCUT2D eigenvalue weighted by Gasteiger charge is 2.05. The SMILES string of the molecule is Cc1sc(Br)cc1-c1ccccn1. The summed E-state index contributed by atoms with van der Waals surface area (Å²) in [4.78, 5) is 5.61. The molecule has 0 bridgehead atoms. The molecule has 0 aliphatic heterocycles. The zero-order valence-electron chi connectivity index (χ0n) is 7.12. The molecule has 0 N–H and O–H groups in total. The molecule has 0 radical (unpaired) electrons. The third-order valence-electron chi connectivity index (χ3n) is 1.83. The van der Waals surface area contributed by atoms with Crippen molar-refractivity contribution in [2.75, 3.05) is 0 Å². The van der Waals surface area contributed by atoms with Crippen LogP contribution in [0.1, 0.15) is 4.88 Å². The number of aryl methyl sites for hydroxylation is 1. The Morgan fingerprint density at radius 3 is 2.77 bits per heavy atom. The van der Waals surface area contributed by atoms with Crippen LogP contribution in [0.2, 0.25) is 0 Å². The first-order valence-electron chi connectivity index (χ1n) is 3.95. The van der Waals surface area contributed by atoms with Crippen LogP contribution in [0, 0.1) is 6.92 Å². The zero-order chi connectivity index (χ0) is 9.26. The largest absolute Gasteiger partial charge is 0.256 e. The van der Waals surface area contributed by atoms with Gasteiger partial charge in [-0.15, -0.1) is 11.3 Å². The minimum atomic E-state index is 1.04. The summed E-state index contributed by atoms with van der Waals surface area (Å²) in [5, 5.41) is 0. The molecule has 1 nitrogen and oxygen atoms in total. The maximum atomic E-state index is 4.31. The summed E-state index contributed by atoms with van der Waals surface area (Å²) in [5.41, 5.74) is 2.26. The summed E-state index contributed by atoms with van der Waals surface area (Å²) in [6.07, 6.45) is 1.82. The highest BCUT2D eigenvalue weighted by atomic mass is 79.9. The number of halogens is 1. The predicted molar refractivity (Wildman–Crippen MR) is 60.0 cm³/mol. The minimum absolute atomic E-state index is 1.04. The van der Waals surface area contributed by atoms with Crippen LogP contribution in [-0.4, -0.2) is 4.98 Å². The van der Waals surface area contributed by atoms with Gasteiger partial charge in [-0.1, -0.05) is 6.07 Å². The number of aromatic nitrogens is 1. The summed E-state index contributed by atoms with van der Waals surface area (Å²) in [5.74, 6) is 0. The Hall–Kier alpha value is -0.670. The number of rotatable bonds is 1. The van der Waals surface area contributed by atoms with Crippen LogP contribution in [0.4, 0.5) is 0 Å². The Balaban J connectivity index is 2.53. The zero-order valence-corrected chi connectivity index (χ0v) is 9.52. The average molecular weight is 254 g/mol. The average Bonchev–Trinajstić information content (AvgIpc) is 2.47. The summed E-state index contributed by atoms with van der Waals surface area (Å²) in [7, 11) is 0. The van der Waals surface area contributed by atoms with Crippen molar-refractivity contribution in [3.05, 3.63) is 39.1 Å². The van der Waals surface area contributed by atoms with E-state index in [1.54, 1.807) is 11.3 Å². The van der Waals surface area contributed by atoms with Crippen molar-refractivity contribution in [3.8, 4) is 11.3 Å². The van der Waals surface area contributed by atoms with E-state index < -0.39 is 0 Å². The molecule has 0 saturated carbocycles. The Morgan fingerprint density at radius 1 is 1.38 bits per heavy atom. The Labute approximate surface area is 89.6 Å². The molecule has 2 heterocycles. The first-order valence-corrected chi connectivity index (χ1v) is 5.55. The lowest BCUT2D eigenvalue weighted by Gasteiger charge is -1.96. The fourth-order valence-electron chi connectivity index (χ4n) is 1.22. The van der Waals surface area contributed by atoms with Crippen LogP contribution < -0.4 is 0 Å². The smallest absolute Gasteiger partial charge is 0.0713 e. The van der Waals surface area contributed by atoms with Crippen molar-refractivity contribution in [2.45, 2.75) is 6.92 Å². The first kappa shape index (κ1) is 8.91. The van der Waals surface area contributed by atoms with Crippen LogP contribution in [-0.2, 0) is 0 Å². The van der Waals surface area contributed by atoms with E-state index in [0.29, 0.717) is 0 Å². The highest BCUT2D eigenvalue weighted by Crippen LogP contribution is 2.32. The Bertz CT molecular complexity index is 408. The molecule has 2 aromatic heterocycles. The van der Waals surface area contributed by atoms with Gasteiger partial charge < -0.3 is 0 Å². The van der Waals surface area contributed by atoms with Crippen molar-refractivity contribution in [1.29, 1.82) is 0 Å². The summed E-state index contributed by atoms with van der Waals surface area (Å²) in [6, 6.07) is 8.08. The molecule has 0 amide bonds. The molecule has 0 aromatic carbocycles.